The molecule has 0 spiro atoms. The Balaban J connectivity index is 0.00000324. The van der Waals surface area contributed by atoms with E-state index in [-0.39, 0.29) is 24.9 Å². The van der Waals surface area contributed by atoms with Crippen molar-refractivity contribution in [2.45, 2.75) is 19.2 Å². The number of halogens is 1. The molecule has 0 aromatic heterocycles. The number of nitrogens with two attached hydrogens (primary N) is 1. The van der Waals surface area contributed by atoms with E-state index in [1.165, 1.54) is 7.11 Å². The second-order valence-corrected chi connectivity index (χ2v) is 4.03. The second-order valence-electron chi connectivity index (χ2n) is 4.03. The summed E-state index contributed by atoms with van der Waals surface area (Å²) in [6.07, 6.45) is 0. The lowest BCUT2D eigenvalue weighted by atomic mass is 10.1. The highest BCUT2D eigenvalue weighted by atomic mass is 35.5. The Morgan fingerprint density at radius 1 is 1.21 bits per heavy atom. The maximum atomic E-state index is 11.5. The summed E-state index contributed by atoms with van der Waals surface area (Å²) in [4.78, 5) is 11.5. The van der Waals surface area contributed by atoms with Crippen LogP contribution in [0.4, 0.5) is 0 Å². The van der Waals surface area contributed by atoms with E-state index < -0.39 is 6.04 Å². The van der Waals surface area contributed by atoms with Gasteiger partial charge in [-0.05, 0) is 11.1 Å². The van der Waals surface area contributed by atoms with Crippen molar-refractivity contribution in [3.8, 4) is 0 Å². The third-order valence-corrected chi connectivity index (χ3v) is 2.48. The van der Waals surface area contributed by atoms with Gasteiger partial charge in [-0.2, -0.15) is 0 Å². The molecule has 3 N–H and O–H groups in total. The van der Waals surface area contributed by atoms with Crippen LogP contribution < -0.4 is 11.1 Å². The van der Waals surface area contributed by atoms with Crippen LogP contribution in [0.15, 0.2) is 24.3 Å². The Hall–Kier alpha value is -1.14. The van der Waals surface area contributed by atoms with Crippen LogP contribution in [-0.4, -0.2) is 32.8 Å². The molecule has 1 amide bonds. The van der Waals surface area contributed by atoms with Gasteiger partial charge in [0.25, 0.3) is 0 Å². The van der Waals surface area contributed by atoms with Gasteiger partial charge in [-0.1, -0.05) is 24.3 Å². The lowest BCUT2D eigenvalue weighted by molar-refractivity contribution is -0.123. The maximum absolute atomic E-state index is 11.5. The van der Waals surface area contributed by atoms with Crippen molar-refractivity contribution in [2.75, 3.05) is 20.8 Å². The molecule has 0 bridgehead atoms. The minimum Gasteiger partial charge on any atom is -0.383 e. The van der Waals surface area contributed by atoms with Crippen molar-refractivity contribution in [1.82, 2.24) is 5.32 Å². The standard InChI is InChI=1S/C13H20N2O3.ClH/c1-17-8-11-5-3-10(4-6-11)7-15-13(16)12(14)9-18-2;/h3-6,12H,7-9,14H2,1-2H3,(H,15,16);1H. The van der Waals surface area contributed by atoms with Gasteiger partial charge in [0.05, 0.1) is 13.2 Å². The van der Waals surface area contributed by atoms with E-state index in [9.17, 15) is 4.79 Å². The molecule has 6 heteroatoms. The van der Waals surface area contributed by atoms with Gasteiger partial charge >= 0.3 is 0 Å². The van der Waals surface area contributed by atoms with Gasteiger partial charge in [0, 0.05) is 20.8 Å². The smallest absolute Gasteiger partial charge is 0.239 e. The van der Waals surface area contributed by atoms with Gasteiger partial charge in [-0.25, -0.2) is 0 Å². The van der Waals surface area contributed by atoms with Crippen LogP contribution in [0.5, 0.6) is 0 Å². The molecule has 1 unspecified atom stereocenters. The van der Waals surface area contributed by atoms with Crippen LogP contribution in [0, 0.1) is 0 Å². The maximum Gasteiger partial charge on any atom is 0.239 e. The lowest BCUT2D eigenvalue weighted by Crippen LogP contribution is -2.43. The molecule has 0 radical (unpaired) electrons. The van der Waals surface area contributed by atoms with Crippen LogP contribution in [-0.2, 0) is 27.4 Å². The molecule has 1 rings (SSSR count). The van der Waals surface area contributed by atoms with Crippen LogP contribution in [0.3, 0.4) is 0 Å². The molecule has 0 heterocycles. The molecule has 0 fully saturated rings. The van der Waals surface area contributed by atoms with Crippen molar-refractivity contribution in [1.29, 1.82) is 0 Å². The minimum absolute atomic E-state index is 0. The number of amides is 1. The van der Waals surface area contributed by atoms with E-state index in [2.05, 4.69) is 5.32 Å². The van der Waals surface area contributed by atoms with Crippen molar-refractivity contribution in [3.05, 3.63) is 35.4 Å². The van der Waals surface area contributed by atoms with Crippen molar-refractivity contribution >= 4 is 18.3 Å². The summed E-state index contributed by atoms with van der Waals surface area (Å²) in [5, 5.41) is 2.76. The normalized spacial score (nSPS) is 11.5. The van der Waals surface area contributed by atoms with Gasteiger partial charge < -0.3 is 20.5 Å². The summed E-state index contributed by atoms with van der Waals surface area (Å²) in [5.74, 6) is -0.210. The number of hydrogen-bond acceptors (Lipinski definition) is 4. The van der Waals surface area contributed by atoms with E-state index >= 15 is 0 Å². The van der Waals surface area contributed by atoms with Gasteiger partial charge in [-0.3, -0.25) is 4.79 Å². The number of benzene rings is 1. The topological polar surface area (TPSA) is 73.6 Å². The molecule has 0 aliphatic heterocycles. The lowest BCUT2D eigenvalue weighted by Gasteiger charge is -2.11. The highest BCUT2D eigenvalue weighted by Gasteiger charge is 2.11. The van der Waals surface area contributed by atoms with Crippen LogP contribution >= 0.6 is 12.4 Å². The summed E-state index contributed by atoms with van der Waals surface area (Å²) in [7, 11) is 3.17. The Bertz CT molecular complexity index is 371. The van der Waals surface area contributed by atoms with Gasteiger partial charge in [0.1, 0.15) is 6.04 Å². The average Bonchev–Trinajstić information content (AvgIpc) is 2.38. The van der Waals surface area contributed by atoms with Crippen LogP contribution in [0.2, 0.25) is 0 Å². The summed E-state index contributed by atoms with van der Waals surface area (Å²) >= 11 is 0. The highest BCUT2D eigenvalue weighted by Crippen LogP contribution is 2.05. The van der Waals surface area contributed by atoms with Crippen molar-refractivity contribution < 1.29 is 14.3 Å². The molecule has 108 valence electrons. The van der Waals surface area contributed by atoms with Gasteiger partial charge in [0.15, 0.2) is 0 Å². The van der Waals surface area contributed by atoms with Crippen molar-refractivity contribution in [3.63, 3.8) is 0 Å². The third kappa shape index (κ3) is 6.54. The third-order valence-electron chi connectivity index (χ3n) is 2.48. The number of ether oxygens (including phenoxy) is 2. The van der Waals surface area contributed by atoms with E-state index in [1.807, 2.05) is 24.3 Å². The predicted octanol–water partition coefficient (Wildman–Crippen LogP) is 0.845. The molecule has 0 aliphatic rings. The van der Waals surface area contributed by atoms with Crippen LogP contribution in [0.25, 0.3) is 0 Å². The Morgan fingerprint density at radius 3 is 2.32 bits per heavy atom. The summed E-state index contributed by atoms with van der Waals surface area (Å²) in [6, 6.07) is 7.23. The van der Waals surface area contributed by atoms with E-state index in [0.29, 0.717) is 13.2 Å². The molecule has 19 heavy (non-hydrogen) atoms. The first-order chi connectivity index (χ1) is 8.67. The van der Waals surface area contributed by atoms with E-state index in [0.717, 1.165) is 11.1 Å². The first-order valence-corrected chi connectivity index (χ1v) is 5.76. The fraction of sp³-hybridized carbons (Fsp3) is 0.462. The fourth-order valence-electron chi connectivity index (χ4n) is 1.50. The summed E-state index contributed by atoms with van der Waals surface area (Å²) in [5.41, 5.74) is 7.72. The van der Waals surface area contributed by atoms with E-state index in [1.54, 1.807) is 7.11 Å². The Kier molecular flexibility index (Phi) is 9.16. The summed E-state index contributed by atoms with van der Waals surface area (Å²) in [6.45, 7) is 1.27. The number of nitrogens with one attached hydrogen (secondary N) is 1. The number of hydrogen-bond donors (Lipinski definition) is 2. The van der Waals surface area contributed by atoms with Gasteiger partial charge in [0.2, 0.25) is 5.91 Å². The zero-order valence-corrected chi connectivity index (χ0v) is 12.0. The Morgan fingerprint density at radius 2 is 1.79 bits per heavy atom. The zero-order chi connectivity index (χ0) is 13.4. The van der Waals surface area contributed by atoms with Crippen molar-refractivity contribution in [2.24, 2.45) is 5.73 Å². The largest absolute Gasteiger partial charge is 0.383 e. The molecule has 0 saturated heterocycles. The monoisotopic (exact) mass is 288 g/mol. The van der Waals surface area contributed by atoms with Gasteiger partial charge in [-0.15, -0.1) is 12.4 Å². The quantitative estimate of drug-likeness (QED) is 0.780. The predicted molar refractivity (Wildman–Crippen MR) is 76.1 cm³/mol. The number of carbonyl (C=O) groups excluding carboxylic acids is 1. The Labute approximate surface area is 119 Å². The fourth-order valence-corrected chi connectivity index (χ4v) is 1.50. The molecule has 5 nitrogen and oxygen atoms in total. The molecular formula is C13H21ClN2O3. The molecule has 0 aliphatic carbocycles. The average molecular weight is 289 g/mol. The molecule has 1 atom stereocenters. The first-order valence-electron chi connectivity index (χ1n) is 5.76. The summed E-state index contributed by atoms with van der Waals surface area (Å²) < 4.78 is 9.84. The minimum atomic E-state index is -0.622. The SMILES string of the molecule is COCc1ccc(CNC(=O)C(N)COC)cc1.Cl. The highest BCUT2D eigenvalue weighted by molar-refractivity contribution is 5.85. The molecule has 0 saturated carbocycles. The molecule has 1 aromatic carbocycles. The molecule has 1 aromatic rings. The van der Waals surface area contributed by atoms with Crippen LogP contribution in [0.1, 0.15) is 11.1 Å². The molecular weight excluding hydrogens is 268 g/mol. The first kappa shape index (κ1) is 17.9. The number of methoxy groups -OCH3 is 2. The number of rotatable bonds is 7. The second kappa shape index (κ2) is 9.75. The number of carbonyl (C=O) groups is 1. The van der Waals surface area contributed by atoms with E-state index in [4.69, 9.17) is 15.2 Å². The zero-order valence-electron chi connectivity index (χ0n) is 11.2.